The Bertz CT molecular complexity index is 779. The van der Waals surface area contributed by atoms with Crippen LogP contribution in [0.2, 0.25) is 0 Å². The topological polar surface area (TPSA) is 134 Å². The number of methoxy groups -OCH3 is 1. The van der Waals surface area contributed by atoms with Crippen LogP contribution in [0.3, 0.4) is 0 Å². The summed E-state index contributed by atoms with van der Waals surface area (Å²) in [5.74, 6) is -1.89. The lowest BCUT2D eigenvalue weighted by molar-refractivity contribution is -0.159. The van der Waals surface area contributed by atoms with Crippen molar-refractivity contribution in [3.8, 4) is 0 Å². The first kappa shape index (κ1) is 26.6. The smallest absolute Gasteiger partial charge is 0.408 e. The van der Waals surface area contributed by atoms with E-state index < -0.39 is 53.2 Å². The van der Waals surface area contributed by atoms with E-state index in [1.54, 1.807) is 26.8 Å². The van der Waals surface area contributed by atoms with E-state index in [2.05, 4.69) is 17.2 Å². The molecule has 186 valence electrons. The summed E-state index contributed by atoms with van der Waals surface area (Å²) in [5, 5.41) is 15.6. The quantitative estimate of drug-likeness (QED) is 0.361. The third-order valence-corrected chi connectivity index (χ3v) is 6.09. The molecule has 10 heteroatoms. The number of carbonyl (C=O) groups excluding carboxylic acids is 4. The molecule has 0 radical (unpaired) electrons. The van der Waals surface area contributed by atoms with Crippen molar-refractivity contribution < 1.29 is 33.8 Å². The Labute approximate surface area is 195 Å². The van der Waals surface area contributed by atoms with Crippen molar-refractivity contribution >= 4 is 23.9 Å². The van der Waals surface area contributed by atoms with Gasteiger partial charge in [-0.2, -0.15) is 0 Å². The van der Waals surface area contributed by atoms with E-state index in [1.165, 1.54) is 12.0 Å². The summed E-state index contributed by atoms with van der Waals surface area (Å²) in [4.78, 5) is 52.5. The molecule has 0 aromatic heterocycles. The van der Waals surface area contributed by atoms with Crippen molar-refractivity contribution in [3.05, 3.63) is 12.7 Å². The van der Waals surface area contributed by atoms with E-state index in [0.717, 1.165) is 0 Å². The van der Waals surface area contributed by atoms with Crippen LogP contribution in [0.5, 0.6) is 0 Å². The predicted molar refractivity (Wildman–Crippen MR) is 120 cm³/mol. The number of hydrogen-bond donors (Lipinski definition) is 3. The molecule has 0 aromatic rings. The Balaban J connectivity index is 2.19. The molecule has 2 fully saturated rings. The van der Waals surface area contributed by atoms with Crippen molar-refractivity contribution in [2.75, 3.05) is 13.7 Å². The van der Waals surface area contributed by atoms with Gasteiger partial charge < -0.3 is 30.1 Å². The van der Waals surface area contributed by atoms with Gasteiger partial charge >= 0.3 is 12.1 Å². The molecule has 0 aromatic carbocycles. The number of alkyl carbamates (subject to hydrolysis) is 1. The molecule has 3 amide bonds. The highest BCUT2D eigenvalue weighted by Gasteiger charge is 2.55. The van der Waals surface area contributed by atoms with Crippen LogP contribution in [-0.2, 0) is 23.9 Å². The number of hydrogen-bond acceptors (Lipinski definition) is 7. The first-order valence-corrected chi connectivity index (χ1v) is 11.4. The normalized spacial score (nSPS) is 27.7. The van der Waals surface area contributed by atoms with Crippen LogP contribution in [0.25, 0.3) is 0 Å². The summed E-state index contributed by atoms with van der Waals surface area (Å²) in [5.41, 5.74) is -1.96. The van der Waals surface area contributed by atoms with E-state index in [4.69, 9.17) is 9.47 Å². The van der Waals surface area contributed by atoms with Gasteiger partial charge in [-0.15, -0.1) is 6.58 Å². The van der Waals surface area contributed by atoms with E-state index in [-0.39, 0.29) is 18.9 Å². The fourth-order valence-electron chi connectivity index (χ4n) is 4.37. The number of carbonyl (C=O) groups is 4. The second-order valence-electron chi connectivity index (χ2n) is 9.72. The second kappa shape index (κ2) is 10.5. The van der Waals surface area contributed by atoms with Gasteiger partial charge in [0, 0.05) is 18.9 Å². The molecule has 5 atom stereocenters. The van der Waals surface area contributed by atoms with Crippen LogP contribution >= 0.6 is 0 Å². The zero-order valence-corrected chi connectivity index (χ0v) is 20.2. The molecule has 0 spiro atoms. The number of aliphatic hydroxyl groups excluding tert-OH is 1. The van der Waals surface area contributed by atoms with Crippen LogP contribution in [0.4, 0.5) is 4.79 Å². The number of ether oxygens (including phenoxy) is 2. The molecule has 3 N–H and O–H groups in total. The number of aliphatic hydroxyl groups is 1. The van der Waals surface area contributed by atoms with Gasteiger partial charge in [0.2, 0.25) is 11.8 Å². The van der Waals surface area contributed by atoms with Crippen LogP contribution in [-0.4, -0.2) is 76.9 Å². The van der Waals surface area contributed by atoms with Gasteiger partial charge in [0.15, 0.2) is 0 Å². The average molecular weight is 468 g/mol. The molecule has 10 nitrogen and oxygen atoms in total. The molecule has 1 saturated carbocycles. The minimum absolute atomic E-state index is 0.0267. The molecular formula is C23H37N3O7. The van der Waals surface area contributed by atoms with E-state index in [1.807, 2.05) is 6.92 Å². The highest BCUT2D eigenvalue weighted by molar-refractivity contribution is 5.95. The number of likely N-dealkylation sites (tertiary alicyclic amines) is 1. The van der Waals surface area contributed by atoms with Crippen LogP contribution in [0.1, 0.15) is 59.8 Å². The standard InChI is InChI=1S/C23H37N3O7/c1-7-9-16(24-21(31)33-22(3,4)5)19(29)26-13-15(27)12-17(26)18(28)25-23(20(30)32-6)11-10-14(23)8-2/h8,14-17,27H,2,7,9-13H2,1,3-6H3,(H,24,31)(H,25,28)/t14-,15-,16+,17+,23?/m1/s1. The maximum absolute atomic E-state index is 13.3. The lowest BCUT2D eigenvalue weighted by atomic mass is 9.66. The van der Waals surface area contributed by atoms with Crippen molar-refractivity contribution in [1.29, 1.82) is 0 Å². The van der Waals surface area contributed by atoms with E-state index >= 15 is 0 Å². The Morgan fingerprint density at radius 3 is 2.45 bits per heavy atom. The fourth-order valence-corrected chi connectivity index (χ4v) is 4.37. The van der Waals surface area contributed by atoms with Crippen molar-refractivity contribution in [1.82, 2.24) is 15.5 Å². The Morgan fingerprint density at radius 1 is 1.30 bits per heavy atom. The lowest BCUT2D eigenvalue weighted by Gasteiger charge is -2.46. The molecule has 1 unspecified atom stereocenters. The molecule has 2 rings (SSSR count). The van der Waals surface area contributed by atoms with E-state index in [9.17, 15) is 24.3 Å². The highest BCUT2D eigenvalue weighted by Crippen LogP contribution is 2.40. The molecule has 2 aliphatic rings. The van der Waals surface area contributed by atoms with Gasteiger partial charge in [0.25, 0.3) is 0 Å². The monoisotopic (exact) mass is 467 g/mol. The molecule has 0 bridgehead atoms. The van der Waals surface area contributed by atoms with Gasteiger partial charge in [0.1, 0.15) is 23.2 Å². The van der Waals surface area contributed by atoms with Crippen molar-refractivity contribution in [2.24, 2.45) is 5.92 Å². The second-order valence-corrected chi connectivity index (χ2v) is 9.72. The summed E-state index contributed by atoms with van der Waals surface area (Å²) in [6, 6.07) is -1.90. The minimum Gasteiger partial charge on any atom is -0.467 e. The number of nitrogens with one attached hydrogen (secondary N) is 2. The maximum Gasteiger partial charge on any atom is 0.408 e. The number of esters is 1. The van der Waals surface area contributed by atoms with Gasteiger partial charge in [-0.3, -0.25) is 9.59 Å². The SMILES string of the molecule is C=C[C@@H]1CCC1(NC(=O)[C@@H]1C[C@@H](O)CN1C(=O)[C@H](CCC)NC(=O)OC(C)(C)C)C(=O)OC. The highest BCUT2D eigenvalue weighted by atomic mass is 16.6. The van der Waals surface area contributed by atoms with Gasteiger partial charge in [0.05, 0.1) is 13.2 Å². The average Bonchev–Trinajstić information content (AvgIpc) is 3.10. The molecule has 1 aliphatic carbocycles. The Kier molecular flexibility index (Phi) is 8.51. The van der Waals surface area contributed by atoms with Crippen molar-refractivity contribution in [3.63, 3.8) is 0 Å². The first-order valence-electron chi connectivity index (χ1n) is 11.4. The third-order valence-electron chi connectivity index (χ3n) is 6.09. The predicted octanol–water partition coefficient (Wildman–Crippen LogP) is 1.27. The van der Waals surface area contributed by atoms with Gasteiger partial charge in [-0.25, -0.2) is 9.59 Å². The summed E-state index contributed by atoms with van der Waals surface area (Å²) in [6.07, 6.45) is 2.00. The molecule has 1 saturated heterocycles. The maximum atomic E-state index is 13.3. The third kappa shape index (κ3) is 6.04. The first-order chi connectivity index (χ1) is 15.4. The number of rotatable bonds is 8. The van der Waals surface area contributed by atoms with Crippen LogP contribution < -0.4 is 10.6 Å². The van der Waals surface area contributed by atoms with Crippen molar-refractivity contribution in [2.45, 2.75) is 89.1 Å². The zero-order chi connectivity index (χ0) is 25.0. The molecule has 1 heterocycles. The Hall–Kier alpha value is -2.62. The largest absolute Gasteiger partial charge is 0.467 e. The Morgan fingerprint density at radius 2 is 1.97 bits per heavy atom. The van der Waals surface area contributed by atoms with Gasteiger partial charge in [-0.1, -0.05) is 19.4 Å². The van der Waals surface area contributed by atoms with Crippen LogP contribution in [0, 0.1) is 5.92 Å². The zero-order valence-electron chi connectivity index (χ0n) is 20.2. The summed E-state index contributed by atoms with van der Waals surface area (Å²) >= 11 is 0. The van der Waals surface area contributed by atoms with E-state index in [0.29, 0.717) is 25.7 Å². The minimum atomic E-state index is -1.23. The molecular weight excluding hydrogens is 430 g/mol. The summed E-state index contributed by atoms with van der Waals surface area (Å²) < 4.78 is 10.2. The lowest BCUT2D eigenvalue weighted by Crippen LogP contribution is -2.67. The summed E-state index contributed by atoms with van der Waals surface area (Å²) in [6.45, 7) is 10.7. The van der Waals surface area contributed by atoms with Gasteiger partial charge in [-0.05, 0) is 40.0 Å². The molecule has 1 aliphatic heterocycles. The number of nitrogens with zero attached hydrogens (tertiary/aromatic N) is 1. The van der Waals surface area contributed by atoms with Crippen LogP contribution in [0.15, 0.2) is 12.7 Å². The fraction of sp³-hybridized carbons (Fsp3) is 0.739. The number of amides is 3. The molecule has 33 heavy (non-hydrogen) atoms. The number of β-amino-alcohol motifs (C(OH)–C–C–N with tert-alkyl or cyclic N) is 1. The summed E-state index contributed by atoms with van der Waals surface area (Å²) in [7, 11) is 1.25.